The Kier molecular flexibility index (Phi) is 6.56. The summed E-state index contributed by atoms with van der Waals surface area (Å²) in [5.74, 6) is 0. The van der Waals surface area contributed by atoms with Crippen molar-refractivity contribution in [2.24, 2.45) is 7.05 Å². The van der Waals surface area contributed by atoms with Gasteiger partial charge in [0.2, 0.25) is 0 Å². The number of fused-ring (bicyclic) bond motifs is 1. The molecule has 0 fully saturated rings. The van der Waals surface area contributed by atoms with Gasteiger partial charge in [-0.2, -0.15) is 13.2 Å². The summed E-state index contributed by atoms with van der Waals surface area (Å²) in [6.45, 7) is 10.8. The van der Waals surface area contributed by atoms with Crippen molar-refractivity contribution in [2.45, 2.75) is 58.1 Å². The van der Waals surface area contributed by atoms with Crippen molar-refractivity contribution >= 4 is 30.8 Å². The van der Waals surface area contributed by atoms with Crippen molar-refractivity contribution in [3.8, 4) is 11.1 Å². The Labute approximate surface area is 196 Å². The second-order valence-corrected chi connectivity index (χ2v) is 14.9. The van der Waals surface area contributed by atoms with Crippen LogP contribution in [0.25, 0.3) is 22.0 Å². The first kappa shape index (κ1) is 25.4. The molecule has 1 atom stereocenters. The van der Waals surface area contributed by atoms with Crippen LogP contribution in [-0.4, -0.2) is 29.0 Å². The Hall–Kier alpha value is -2.23. The van der Waals surface area contributed by atoms with Gasteiger partial charge in [-0.3, -0.25) is 9.78 Å². The summed E-state index contributed by atoms with van der Waals surface area (Å²) in [6, 6.07) is 4.59. The van der Waals surface area contributed by atoms with Crippen LogP contribution in [0, 0.1) is 6.92 Å². The van der Waals surface area contributed by atoms with Crippen LogP contribution >= 0.6 is 11.6 Å². The van der Waals surface area contributed by atoms with Crippen molar-refractivity contribution in [3.05, 3.63) is 57.4 Å². The number of aromatic nitrogens is 3. The standard InChI is InChI=1S/C23H27ClF3N3O2Si/c1-13-8-17(20(23(25,26)27)32-33(6,7)22(2,3)4)28-12-16(13)15-9-14-11-29-19(24)10-18(14)30(5)21(15)31/h8-12,20H,1-7H3. The number of hydrogen-bond donors (Lipinski definition) is 0. The van der Waals surface area contributed by atoms with Gasteiger partial charge in [-0.15, -0.1) is 0 Å². The molecule has 3 rings (SSSR count). The highest BCUT2D eigenvalue weighted by molar-refractivity contribution is 6.74. The van der Waals surface area contributed by atoms with Crippen LogP contribution in [-0.2, 0) is 11.5 Å². The van der Waals surface area contributed by atoms with Crippen LogP contribution < -0.4 is 5.56 Å². The predicted octanol–water partition coefficient (Wildman–Crippen LogP) is 6.58. The van der Waals surface area contributed by atoms with Crippen LogP contribution in [0.3, 0.4) is 0 Å². The van der Waals surface area contributed by atoms with E-state index in [0.717, 1.165) is 0 Å². The minimum atomic E-state index is -4.62. The summed E-state index contributed by atoms with van der Waals surface area (Å²) in [7, 11) is -1.13. The number of aryl methyl sites for hydroxylation is 2. The molecule has 3 heterocycles. The summed E-state index contributed by atoms with van der Waals surface area (Å²) in [6.07, 6.45) is -3.91. The Morgan fingerprint density at radius 1 is 1.06 bits per heavy atom. The molecule has 0 radical (unpaired) electrons. The molecule has 0 aromatic carbocycles. The molecule has 0 saturated carbocycles. The third-order valence-electron chi connectivity index (χ3n) is 6.28. The second kappa shape index (κ2) is 8.52. The van der Waals surface area contributed by atoms with E-state index in [9.17, 15) is 18.0 Å². The fraction of sp³-hybridized carbons (Fsp3) is 0.435. The highest BCUT2D eigenvalue weighted by atomic mass is 35.5. The molecule has 0 aliphatic carbocycles. The number of hydrogen-bond acceptors (Lipinski definition) is 4. The van der Waals surface area contributed by atoms with Crippen molar-refractivity contribution in [2.75, 3.05) is 0 Å². The van der Waals surface area contributed by atoms with Crippen LogP contribution in [0.15, 0.2) is 35.4 Å². The number of rotatable bonds is 4. The first-order chi connectivity index (χ1) is 15.0. The van der Waals surface area contributed by atoms with Crippen LogP contribution in [0.1, 0.15) is 38.1 Å². The first-order valence-electron chi connectivity index (χ1n) is 10.4. The Balaban J connectivity index is 2.11. The van der Waals surface area contributed by atoms with Gasteiger partial charge in [0.05, 0.1) is 11.2 Å². The third-order valence-corrected chi connectivity index (χ3v) is 10.9. The molecule has 0 amide bonds. The van der Waals surface area contributed by atoms with Crippen molar-refractivity contribution in [1.29, 1.82) is 0 Å². The lowest BCUT2D eigenvalue weighted by molar-refractivity contribution is -0.202. The molecule has 0 spiro atoms. The van der Waals surface area contributed by atoms with Crippen molar-refractivity contribution in [1.82, 2.24) is 14.5 Å². The SMILES string of the molecule is Cc1cc(C(O[Si](C)(C)C(C)(C)C)C(F)(F)F)ncc1-c1cc2cnc(Cl)cc2n(C)c1=O. The van der Waals surface area contributed by atoms with E-state index >= 15 is 0 Å². The summed E-state index contributed by atoms with van der Waals surface area (Å²) in [5.41, 5.74) is 1.33. The van der Waals surface area contributed by atoms with E-state index in [1.807, 2.05) is 20.8 Å². The van der Waals surface area contributed by atoms with E-state index in [-0.39, 0.29) is 16.4 Å². The molecule has 178 valence electrons. The Bertz CT molecular complexity index is 1270. The predicted molar refractivity (Wildman–Crippen MR) is 127 cm³/mol. The average Bonchev–Trinajstić information content (AvgIpc) is 2.68. The Morgan fingerprint density at radius 3 is 2.24 bits per heavy atom. The molecule has 3 aromatic heterocycles. The zero-order valence-corrected chi connectivity index (χ0v) is 21.4. The smallest absolute Gasteiger partial charge is 0.401 e. The number of nitrogens with zero attached hydrogens (tertiary/aromatic N) is 3. The molecule has 0 bridgehead atoms. The van der Waals surface area contributed by atoms with Gasteiger partial charge in [-0.05, 0) is 48.8 Å². The minimum absolute atomic E-state index is 0.223. The van der Waals surface area contributed by atoms with Gasteiger partial charge in [0.1, 0.15) is 5.15 Å². The topological polar surface area (TPSA) is 57.0 Å². The Morgan fingerprint density at radius 2 is 1.70 bits per heavy atom. The van der Waals surface area contributed by atoms with Crippen molar-refractivity contribution in [3.63, 3.8) is 0 Å². The normalized spacial score (nSPS) is 14.0. The van der Waals surface area contributed by atoms with E-state index in [1.54, 1.807) is 45.4 Å². The molecule has 5 nitrogen and oxygen atoms in total. The van der Waals surface area contributed by atoms with E-state index in [1.165, 1.54) is 16.8 Å². The second-order valence-electron chi connectivity index (χ2n) is 9.71. The molecule has 0 N–H and O–H groups in total. The van der Waals surface area contributed by atoms with E-state index < -0.39 is 25.6 Å². The molecule has 33 heavy (non-hydrogen) atoms. The molecule has 3 aromatic rings. The van der Waals surface area contributed by atoms with Gasteiger partial charge in [0.25, 0.3) is 5.56 Å². The quantitative estimate of drug-likeness (QED) is 0.301. The lowest BCUT2D eigenvalue weighted by atomic mass is 10.0. The fourth-order valence-corrected chi connectivity index (χ4v) is 4.65. The van der Waals surface area contributed by atoms with Gasteiger partial charge >= 0.3 is 6.18 Å². The highest BCUT2D eigenvalue weighted by Gasteiger charge is 2.49. The van der Waals surface area contributed by atoms with Crippen LogP contribution in [0.4, 0.5) is 13.2 Å². The lowest BCUT2D eigenvalue weighted by Crippen LogP contribution is -2.44. The number of pyridine rings is 3. The van der Waals surface area contributed by atoms with Gasteiger partial charge in [0, 0.05) is 36.0 Å². The lowest BCUT2D eigenvalue weighted by Gasteiger charge is -2.39. The van der Waals surface area contributed by atoms with Gasteiger partial charge in [-0.25, -0.2) is 4.98 Å². The summed E-state index contributed by atoms with van der Waals surface area (Å²) in [5, 5.41) is 0.529. The highest BCUT2D eigenvalue weighted by Crippen LogP contribution is 2.44. The average molecular weight is 498 g/mol. The third kappa shape index (κ3) is 5.00. The number of alkyl halides is 3. The molecule has 0 aliphatic heterocycles. The van der Waals surface area contributed by atoms with Crippen LogP contribution in [0.2, 0.25) is 23.3 Å². The summed E-state index contributed by atoms with van der Waals surface area (Å²) >= 11 is 5.95. The molecule has 1 unspecified atom stereocenters. The van der Waals surface area contributed by atoms with E-state index in [0.29, 0.717) is 27.6 Å². The number of halogens is 4. The summed E-state index contributed by atoms with van der Waals surface area (Å²) < 4.78 is 49.1. The van der Waals surface area contributed by atoms with Crippen LogP contribution in [0.5, 0.6) is 0 Å². The zero-order valence-electron chi connectivity index (χ0n) is 19.6. The zero-order chi connectivity index (χ0) is 24.9. The van der Waals surface area contributed by atoms with E-state index in [2.05, 4.69) is 9.97 Å². The van der Waals surface area contributed by atoms with E-state index in [4.69, 9.17) is 16.0 Å². The fourth-order valence-electron chi connectivity index (χ4n) is 3.30. The maximum Gasteiger partial charge on any atom is 0.419 e. The molecule has 10 heteroatoms. The molecular formula is C23H27ClF3N3O2Si. The van der Waals surface area contributed by atoms with Gasteiger partial charge < -0.3 is 8.99 Å². The minimum Gasteiger partial charge on any atom is -0.401 e. The molecule has 0 aliphatic rings. The molecular weight excluding hydrogens is 471 g/mol. The maximum atomic E-state index is 14.0. The summed E-state index contributed by atoms with van der Waals surface area (Å²) in [4.78, 5) is 21.2. The van der Waals surface area contributed by atoms with Crippen molar-refractivity contribution < 1.29 is 17.6 Å². The largest absolute Gasteiger partial charge is 0.419 e. The van der Waals surface area contributed by atoms with Gasteiger partial charge in [0.15, 0.2) is 14.4 Å². The first-order valence-corrected chi connectivity index (χ1v) is 13.7. The monoisotopic (exact) mass is 497 g/mol. The molecule has 0 saturated heterocycles. The maximum absolute atomic E-state index is 14.0. The van der Waals surface area contributed by atoms with Gasteiger partial charge in [-0.1, -0.05) is 32.4 Å².